The molecule has 0 bridgehead atoms. The van der Waals surface area contributed by atoms with Gasteiger partial charge in [0.2, 0.25) is 0 Å². The highest BCUT2D eigenvalue weighted by molar-refractivity contribution is 6.19. The van der Waals surface area contributed by atoms with E-state index in [1.807, 2.05) is 6.07 Å². The van der Waals surface area contributed by atoms with E-state index in [1.54, 1.807) is 0 Å². The van der Waals surface area contributed by atoms with E-state index < -0.39 is 0 Å². The molecule has 4 nitrogen and oxygen atoms in total. The van der Waals surface area contributed by atoms with Crippen molar-refractivity contribution >= 4 is 54.4 Å². The Balaban J connectivity index is 1.11. The fourth-order valence-corrected chi connectivity index (χ4v) is 9.10. The molecule has 0 aliphatic carbocycles. The summed E-state index contributed by atoms with van der Waals surface area (Å²) in [6.07, 6.45) is 0. The van der Waals surface area contributed by atoms with Gasteiger partial charge in [-0.15, -0.1) is 0 Å². The molecule has 9 aromatic carbocycles. The van der Waals surface area contributed by atoms with Gasteiger partial charge in [0.05, 0.1) is 39.1 Å². The van der Waals surface area contributed by atoms with Gasteiger partial charge in [0.25, 0.3) is 0 Å². The van der Waals surface area contributed by atoms with Gasteiger partial charge in [0, 0.05) is 43.9 Å². The molecule has 12 aromatic rings. The summed E-state index contributed by atoms with van der Waals surface area (Å²) in [5, 5.41) is 7.30. The second-order valence-electron chi connectivity index (χ2n) is 15.4. The van der Waals surface area contributed by atoms with Crippen LogP contribution in [0.3, 0.4) is 0 Å². The summed E-state index contributed by atoms with van der Waals surface area (Å²) in [4.78, 5) is 10.7. The summed E-state index contributed by atoms with van der Waals surface area (Å²) in [5.74, 6) is 0.671. The van der Waals surface area contributed by atoms with Crippen molar-refractivity contribution in [1.29, 1.82) is 0 Å². The first kappa shape index (κ1) is 34.0. The van der Waals surface area contributed by atoms with E-state index >= 15 is 0 Å². The molecule has 0 fully saturated rings. The van der Waals surface area contributed by atoms with Crippen LogP contribution in [0.15, 0.2) is 218 Å². The lowest BCUT2D eigenvalue weighted by Gasteiger charge is -2.15. The second-order valence-corrected chi connectivity index (χ2v) is 15.4. The van der Waals surface area contributed by atoms with E-state index in [4.69, 9.17) is 9.97 Å². The number of hydrogen-bond acceptors (Lipinski definition) is 2. The third-order valence-corrected chi connectivity index (χ3v) is 11.9. The molecule has 0 radical (unpaired) electrons. The summed E-state index contributed by atoms with van der Waals surface area (Å²) in [6.45, 7) is 0. The van der Waals surface area contributed by atoms with Crippen LogP contribution >= 0.6 is 0 Å². The van der Waals surface area contributed by atoms with Crippen molar-refractivity contribution in [2.75, 3.05) is 0 Å². The van der Waals surface area contributed by atoms with Crippen molar-refractivity contribution < 1.29 is 0 Å². The average molecular weight is 765 g/mol. The predicted octanol–water partition coefficient (Wildman–Crippen LogP) is 14.5. The smallest absolute Gasteiger partial charge is 0.162 e. The maximum absolute atomic E-state index is 5.39. The summed E-state index contributed by atoms with van der Waals surface area (Å²) in [5.41, 5.74) is 13.8. The molecule has 12 rings (SSSR count). The molecule has 0 spiro atoms. The van der Waals surface area contributed by atoms with Crippen LogP contribution in [-0.4, -0.2) is 19.1 Å². The lowest BCUT2D eigenvalue weighted by molar-refractivity contribution is 1.14. The monoisotopic (exact) mass is 764 g/mol. The van der Waals surface area contributed by atoms with Gasteiger partial charge < -0.3 is 9.13 Å². The minimum Gasteiger partial charge on any atom is -0.309 e. The van der Waals surface area contributed by atoms with Crippen molar-refractivity contribution in [2.45, 2.75) is 0 Å². The summed E-state index contributed by atoms with van der Waals surface area (Å²) >= 11 is 0. The van der Waals surface area contributed by atoms with Gasteiger partial charge in [0.1, 0.15) is 0 Å². The van der Waals surface area contributed by atoms with Crippen LogP contribution < -0.4 is 0 Å². The molecule has 0 atom stereocenters. The van der Waals surface area contributed by atoms with Crippen LogP contribution in [-0.2, 0) is 0 Å². The van der Waals surface area contributed by atoms with Crippen LogP contribution in [0.25, 0.3) is 111 Å². The van der Waals surface area contributed by atoms with Crippen LogP contribution in [0.1, 0.15) is 0 Å². The first-order valence-electron chi connectivity index (χ1n) is 20.4. The first-order chi connectivity index (χ1) is 29.7. The minimum absolute atomic E-state index is 0.671. The largest absolute Gasteiger partial charge is 0.309 e. The second kappa shape index (κ2) is 13.8. The lowest BCUT2D eigenvalue weighted by Crippen LogP contribution is -2.01. The van der Waals surface area contributed by atoms with Gasteiger partial charge >= 0.3 is 0 Å². The molecule has 0 aliphatic heterocycles. The van der Waals surface area contributed by atoms with Gasteiger partial charge in [0.15, 0.2) is 5.82 Å². The van der Waals surface area contributed by atoms with Crippen molar-refractivity contribution in [2.24, 2.45) is 0 Å². The number of rotatable bonds is 6. The Bertz CT molecular complexity index is 3600. The first-order valence-corrected chi connectivity index (χ1v) is 20.4. The fraction of sp³-hybridized carbons (Fsp3) is 0. The zero-order chi connectivity index (χ0) is 39.6. The van der Waals surface area contributed by atoms with Crippen molar-refractivity contribution in [3.63, 3.8) is 0 Å². The molecule has 0 amide bonds. The zero-order valence-corrected chi connectivity index (χ0v) is 32.6. The molecular weight excluding hydrogens is 729 g/mol. The number of nitrogens with zero attached hydrogens (tertiary/aromatic N) is 4. The van der Waals surface area contributed by atoms with Crippen molar-refractivity contribution in [3.05, 3.63) is 218 Å². The number of hydrogen-bond donors (Lipinski definition) is 0. The number of fused-ring (bicyclic) bond motifs is 7. The Hall–Kier alpha value is -8.08. The van der Waals surface area contributed by atoms with Gasteiger partial charge in [-0.1, -0.05) is 158 Å². The maximum Gasteiger partial charge on any atom is 0.162 e. The van der Waals surface area contributed by atoms with Crippen LogP contribution in [0, 0.1) is 0 Å². The van der Waals surface area contributed by atoms with Crippen molar-refractivity contribution in [1.82, 2.24) is 19.1 Å². The lowest BCUT2D eigenvalue weighted by atomic mass is 10.0. The SMILES string of the molecule is c1ccc(-c2cccc(-c3cc(-c4ccccc4)nc(-c4ccccc4-n4c5ccccc5c5cc6c7ccccc7n(-c7ccc8ccccc8c7)c6cc54)n3)c2)cc1. The average Bonchev–Trinajstić information content (AvgIpc) is 3.83. The van der Waals surface area contributed by atoms with Crippen molar-refractivity contribution in [3.8, 4) is 56.4 Å². The van der Waals surface area contributed by atoms with Crippen LogP contribution in [0.4, 0.5) is 0 Å². The highest BCUT2D eigenvalue weighted by Crippen LogP contribution is 2.42. The van der Waals surface area contributed by atoms with E-state index in [9.17, 15) is 0 Å². The molecule has 0 aliphatic rings. The molecular formula is C56H36N4. The molecule has 60 heavy (non-hydrogen) atoms. The Labute approximate surface area is 346 Å². The van der Waals surface area contributed by atoms with Gasteiger partial charge in [-0.25, -0.2) is 9.97 Å². The highest BCUT2D eigenvalue weighted by Gasteiger charge is 2.21. The Morgan fingerprint density at radius 1 is 0.300 bits per heavy atom. The van der Waals surface area contributed by atoms with E-state index in [2.05, 4.69) is 221 Å². The van der Waals surface area contributed by atoms with Gasteiger partial charge in [-0.05, 0) is 82.6 Å². The predicted molar refractivity (Wildman–Crippen MR) is 250 cm³/mol. The third kappa shape index (κ3) is 5.53. The van der Waals surface area contributed by atoms with Gasteiger partial charge in [-0.2, -0.15) is 0 Å². The molecule has 0 saturated heterocycles. The van der Waals surface area contributed by atoms with Crippen LogP contribution in [0.2, 0.25) is 0 Å². The van der Waals surface area contributed by atoms with E-state index in [-0.39, 0.29) is 0 Å². The third-order valence-electron chi connectivity index (χ3n) is 11.9. The molecule has 4 heteroatoms. The molecule has 3 heterocycles. The summed E-state index contributed by atoms with van der Waals surface area (Å²) in [6, 6.07) is 78.0. The normalized spacial score (nSPS) is 11.7. The summed E-state index contributed by atoms with van der Waals surface area (Å²) in [7, 11) is 0. The molecule has 0 saturated carbocycles. The van der Waals surface area contributed by atoms with Gasteiger partial charge in [-0.3, -0.25) is 0 Å². The standard InChI is InChI=1S/C56H36N4/c1-3-16-37(17-4-1)40-22-15-23-42(32-40)50-35-49(39-19-5-2-6-20-39)57-56(58-50)46-26-11-14-29-53(46)60-52-28-13-10-25-45(52)48-34-47-44-24-9-12-27-51(44)59(54(47)36-55(48)60)43-31-30-38-18-7-8-21-41(38)33-43/h1-36H. The van der Waals surface area contributed by atoms with E-state index in [0.29, 0.717) is 5.82 Å². The molecule has 0 unspecified atom stereocenters. The maximum atomic E-state index is 5.39. The molecule has 280 valence electrons. The Morgan fingerprint density at radius 2 is 0.867 bits per heavy atom. The Morgan fingerprint density at radius 3 is 1.63 bits per heavy atom. The fourth-order valence-electron chi connectivity index (χ4n) is 9.10. The topological polar surface area (TPSA) is 35.6 Å². The van der Waals surface area contributed by atoms with E-state index in [0.717, 1.165) is 61.6 Å². The molecule has 0 N–H and O–H groups in total. The van der Waals surface area contributed by atoms with E-state index in [1.165, 1.54) is 43.4 Å². The number of aromatic nitrogens is 4. The number of benzene rings is 9. The minimum atomic E-state index is 0.671. The Kier molecular flexibility index (Phi) is 7.82. The van der Waals surface area contributed by atoms with Crippen LogP contribution in [0.5, 0.6) is 0 Å². The zero-order valence-electron chi connectivity index (χ0n) is 32.6. The number of para-hydroxylation sites is 3. The summed E-state index contributed by atoms with van der Waals surface area (Å²) < 4.78 is 4.84. The molecule has 3 aromatic heterocycles. The quantitative estimate of drug-likeness (QED) is 0.169. The highest BCUT2D eigenvalue weighted by atomic mass is 15.0.